The molecule has 0 fully saturated rings. The lowest BCUT2D eigenvalue weighted by molar-refractivity contribution is 0.584. The van der Waals surface area contributed by atoms with Crippen molar-refractivity contribution < 1.29 is 0 Å². The summed E-state index contributed by atoms with van der Waals surface area (Å²) in [6.45, 7) is 6.60. The van der Waals surface area contributed by atoms with Gasteiger partial charge < -0.3 is 10.2 Å². The number of rotatable bonds is 6. The SMILES string of the molecule is CNCc1ccccc1N(C)CCC(C)C. The number of hydrogen-bond donors (Lipinski definition) is 1. The highest BCUT2D eigenvalue weighted by atomic mass is 15.1. The van der Waals surface area contributed by atoms with E-state index < -0.39 is 0 Å². The molecular weight excluding hydrogens is 196 g/mol. The minimum absolute atomic E-state index is 0.763. The summed E-state index contributed by atoms with van der Waals surface area (Å²) in [6.07, 6.45) is 1.24. The smallest absolute Gasteiger partial charge is 0.0409 e. The van der Waals surface area contributed by atoms with Crippen LogP contribution in [0.25, 0.3) is 0 Å². The molecule has 0 radical (unpaired) electrons. The number of hydrogen-bond acceptors (Lipinski definition) is 2. The second kappa shape index (κ2) is 6.54. The van der Waals surface area contributed by atoms with E-state index >= 15 is 0 Å². The zero-order valence-corrected chi connectivity index (χ0v) is 11.0. The predicted octanol–water partition coefficient (Wildman–Crippen LogP) is 2.89. The van der Waals surface area contributed by atoms with E-state index in [-0.39, 0.29) is 0 Å². The van der Waals surface area contributed by atoms with E-state index in [1.54, 1.807) is 0 Å². The molecule has 0 aliphatic carbocycles. The van der Waals surface area contributed by atoms with E-state index in [2.05, 4.69) is 55.4 Å². The van der Waals surface area contributed by atoms with Crippen molar-refractivity contribution in [3.8, 4) is 0 Å². The highest BCUT2D eigenvalue weighted by Gasteiger charge is 2.06. The lowest BCUT2D eigenvalue weighted by Gasteiger charge is -2.23. The zero-order valence-electron chi connectivity index (χ0n) is 11.0. The molecule has 0 unspecified atom stereocenters. The highest BCUT2D eigenvalue weighted by molar-refractivity contribution is 5.52. The van der Waals surface area contributed by atoms with Gasteiger partial charge >= 0.3 is 0 Å². The van der Waals surface area contributed by atoms with Crippen LogP contribution in [0.4, 0.5) is 5.69 Å². The lowest BCUT2D eigenvalue weighted by atomic mass is 10.1. The van der Waals surface area contributed by atoms with Gasteiger partial charge in [0.25, 0.3) is 0 Å². The van der Waals surface area contributed by atoms with E-state index in [1.807, 2.05) is 7.05 Å². The second-order valence-electron chi connectivity index (χ2n) is 4.76. The first kappa shape index (κ1) is 13.0. The van der Waals surface area contributed by atoms with Crippen LogP contribution in [-0.2, 0) is 6.54 Å². The van der Waals surface area contributed by atoms with Crippen molar-refractivity contribution in [3.05, 3.63) is 29.8 Å². The molecule has 1 N–H and O–H groups in total. The molecule has 0 aliphatic rings. The Labute approximate surface area is 99.7 Å². The van der Waals surface area contributed by atoms with Crippen LogP contribution in [0.15, 0.2) is 24.3 Å². The van der Waals surface area contributed by atoms with Crippen molar-refractivity contribution in [1.82, 2.24) is 5.32 Å². The Balaban J connectivity index is 2.69. The van der Waals surface area contributed by atoms with Crippen molar-refractivity contribution in [2.24, 2.45) is 5.92 Å². The third-order valence-corrected chi connectivity index (χ3v) is 2.81. The molecule has 0 saturated carbocycles. The van der Waals surface area contributed by atoms with Gasteiger partial charge in [0, 0.05) is 25.8 Å². The molecule has 2 heteroatoms. The minimum Gasteiger partial charge on any atom is -0.374 e. The van der Waals surface area contributed by atoms with E-state index in [0.29, 0.717) is 0 Å². The van der Waals surface area contributed by atoms with E-state index in [0.717, 1.165) is 19.0 Å². The largest absolute Gasteiger partial charge is 0.374 e. The maximum Gasteiger partial charge on any atom is 0.0409 e. The third kappa shape index (κ3) is 3.86. The van der Waals surface area contributed by atoms with Gasteiger partial charge in [0.1, 0.15) is 0 Å². The summed E-state index contributed by atoms with van der Waals surface area (Å²) >= 11 is 0. The van der Waals surface area contributed by atoms with Gasteiger partial charge in [-0.1, -0.05) is 32.0 Å². The molecule has 1 aromatic carbocycles. The van der Waals surface area contributed by atoms with Crippen LogP contribution in [0.5, 0.6) is 0 Å². The number of benzene rings is 1. The third-order valence-electron chi connectivity index (χ3n) is 2.81. The van der Waals surface area contributed by atoms with Gasteiger partial charge in [0.05, 0.1) is 0 Å². The van der Waals surface area contributed by atoms with Crippen molar-refractivity contribution >= 4 is 5.69 Å². The Morgan fingerprint density at radius 3 is 2.56 bits per heavy atom. The standard InChI is InChI=1S/C14H24N2/c1-12(2)9-10-16(4)14-8-6-5-7-13(14)11-15-3/h5-8,12,15H,9-11H2,1-4H3. The number of para-hydroxylation sites is 1. The first-order valence-electron chi connectivity index (χ1n) is 6.08. The van der Waals surface area contributed by atoms with Gasteiger partial charge in [0.2, 0.25) is 0 Å². The van der Waals surface area contributed by atoms with Crippen LogP contribution in [-0.4, -0.2) is 20.6 Å². The van der Waals surface area contributed by atoms with E-state index in [9.17, 15) is 0 Å². The fourth-order valence-electron chi connectivity index (χ4n) is 1.80. The van der Waals surface area contributed by atoms with Gasteiger partial charge in [-0.15, -0.1) is 0 Å². The molecule has 0 heterocycles. The van der Waals surface area contributed by atoms with Crippen molar-refractivity contribution in [3.63, 3.8) is 0 Å². The zero-order chi connectivity index (χ0) is 12.0. The minimum atomic E-state index is 0.763. The van der Waals surface area contributed by atoms with E-state index in [1.165, 1.54) is 17.7 Å². The normalized spacial score (nSPS) is 10.8. The fraction of sp³-hybridized carbons (Fsp3) is 0.571. The molecule has 16 heavy (non-hydrogen) atoms. The molecule has 90 valence electrons. The second-order valence-corrected chi connectivity index (χ2v) is 4.76. The maximum absolute atomic E-state index is 3.22. The van der Waals surface area contributed by atoms with Crippen LogP contribution in [0, 0.1) is 5.92 Å². The summed E-state index contributed by atoms with van der Waals surface area (Å²) in [6, 6.07) is 8.61. The molecule has 2 nitrogen and oxygen atoms in total. The number of anilines is 1. The molecule has 0 saturated heterocycles. The molecule has 0 amide bonds. The predicted molar refractivity (Wildman–Crippen MR) is 71.9 cm³/mol. The van der Waals surface area contributed by atoms with Crippen LogP contribution in [0.3, 0.4) is 0 Å². The molecule has 0 aliphatic heterocycles. The van der Waals surface area contributed by atoms with Crippen LogP contribution < -0.4 is 10.2 Å². The maximum atomic E-state index is 3.22. The Kier molecular flexibility index (Phi) is 5.33. The lowest BCUT2D eigenvalue weighted by Crippen LogP contribution is -2.22. The summed E-state index contributed by atoms with van der Waals surface area (Å²) < 4.78 is 0. The van der Waals surface area contributed by atoms with Crippen molar-refractivity contribution in [2.45, 2.75) is 26.8 Å². The molecule has 0 spiro atoms. The summed E-state index contributed by atoms with van der Waals surface area (Å²) in [7, 11) is 4.17. The van der Waals surface area contributed by atoms with Crippen LogP contribution in [0.2, 0.25) is 0 Å². The average molecular weight is 220 g/mol. The van der Waals surface area contributed by atoms with Crippen LogP contribution in [0.1, 0.15) is 25.8 Å². The first-order valence-corrected chi connectivity index (χ1v) is 6.08. The molecule has 0 aromatic heterocycles. The molecule has 1 rings (SSSR count). The Morgan fingerprint density at radius 1 is 1.25 bits per heavy atom. The summed E-state index contributed by atoms with van der Waals surface area (Å²) in [5.74, 6) is 0.763. The fourth-order valence-corrected chi connectivity index (χ4v) is 1.80. The Bertz CT molecular complexity index is 307. The van der Waals surface area contributed by atoms with Gasteiger partial charge in [-0.05, 0) is 31.0 Å². The van der Waals surface area contributed by atoms with Crippen molar-refractivity contribution in [1.29, 1.82) is 0 Å². The molecule has 0 bridgehead atoms. The summed E-state index contributed by atoms with van der Waals surface area (Å²) in [5, 5.41) is 3.22. The number of nitrogens with one attached hydrogen (secondary N) is 1. The molecule has 1 aromatic rings. The van der Waals surface area contributed by atoms with Gasteiger partial charge in [0.15, 0.2) is 0 Å². The summed E-state index contributed by atoms with van der Waals surface area (Å²) in [4.78, 5) is 2.35. The number of nitrogens with zero attached hydrogens (tertiary/aromatic N) is 1. The summed E-state index contributed by atoms with van der Waals surface area (Å²) in [5.41, 5.74) is 2.72. The highest BCUT2D eigenvalue weighted by Crippen LogP contribution is 2.19. The van der Waals surface area contributed by atoms with Gasteiger partial charge in [-0.25, -0.2) is 0 Å². The average Bonchev–Trinajstić information content (AvgIpc) is 2.27. The quantitative estimate of drug-likeness (QED) is 0.793. The van der Waals surface area contributed by atoms with Crippen LogP contribution >= 0.6 is 0 Å². The van der Waals surface area contributed by atoms with Crippen molar-refractivity contribution in [2.75, 3.05) is 25.5 Å². The molecule has 0 atom stereocenters. The first-order chi connectivity index (χ1) is 7.65. The molecular formula is C14H24N2. The Morgan fingerprint density at radius 2 is 1.94 bits per heavy atom. The van der Waals surface area contributed by atoms with E-state index in [4.69, 9.17) is 0 Å². The van der Waals surface area contributed by atoms with Gasteiger partial charge in [-0.2, -0.15) is 0 Å². The monoisotopic (exact) mass is 220 g/mol. The topological polar surface area (TPSA) is 15.3 Å². The van der Waals surface area contributed by atoms with Gasteiger partial charge in [-0.3, -0.25) is 0 Å². The Hall–Kier alpha value is -1.02.